The first-order valence-electron chi connectivity index (χ1n) is 6.13. The van der Waals surface area contributed by atoms with Gasteiger partial charge in [0, 0.05) is 17.3 Å². The molecule has 2 rings (SSSR count). The summed E-state index contributed by atoms with van der Waals surface area (Å²) in [5.41, 5.74) is 7.33. The summed E-state index contributed by atoms with van der Waals surface area (Å²) in [5, 5.41) is 3.32. The molecule has 0 bridgehead atoms. The maximum Gasteiger partial charge on any atom is 0.258 e. The minimum Gasteiger partial charge on any atom is -0.484 e. The van der Waals surface area contributed by atoms with Gasteiger partial charge in [0.25, 0.3) is 5.91 Å². The Morgan fingerprint density at radius 1 is 1.20 bits per heavy atom. The molecule has 0 radical (unpaired) electrons. The SMILES string of the molecule is Nc1ccccc1CNC(=O)COc1cccc(Cl)c1. The van der Waals surface area contributed by atoms with Crippen LogP contribution in [0, 0.1) is 0 Å². The number of anilines is 1. The summed E-state index contributed by atoms with van der Waals surface area (Å²) in [6.45, 7) is 0.317. The number of para-hydroxylation sites is 1. The number of rotatable bonds is 5. The van der Waals surface area contributed by atoms with Crippen molar-refractivity contribution >= 4 is 23.2 Å². The Balaban J connectivity index is 1.80. The van der Waals surface area contributed by atoms with E-state index >= 15 is 0 Å². The molecule has 4 nitrogen and oxygen atoms in total. The Labute approximate surface area is 122 Å². The molecule has 0 aliphatic carbocycles. The molecule has 0 aliphatic heterocycles. The highest BCUT2D eigenvalue weighted by molar-refractivity contribution is 6.30. The zero-order chi connectivity index (χ0) is 14.4. The van der Waals surface area contributed by atoms with Crippen LogP contribution in [0.25, 0.3) is 0 Å². The zero-order valence-electron chi connectivity index (χ0n) is 10.8. The quantitative estimate of drug-likeness (QED) is 0.832. The first kappa shape index (κ1) is 14.2. The number of nitrogen functional groups attached to an aromatic ring is 1. The molecule has 0 aromatic heterocycles. The lowest BCUT2D eigenvalue weighted by Gasteiger charge is -2.09. The number of ether oxygens (including phenoxy) is 1. The average molecular weight is 291 g/mol. The third-order valence-corrected chi connectivity index (χ3v) is 2.93. The highest BCUT2D eigenvalue weighted by atomic mass is 35.5. The summed E-state index contributed by atoms with van der Waals surface area (Å²) in [4.78, 5) is 11.7. The summed E-state index contributed by atoms with van der Waals surface area (Å²) < 4.78 is 5.34. The average Bonchev–Trinajstić information content (AvgIpc) is 2.44. The van der Waals surface area contributed by atoms with Crippen molar-refractivity contribution in [2.45, 2.75) is 6.54 Å². The lowest BCUT2D eigenvalue weighted by atomic mass is 10.2. The predicted molar refractivity (Wildman–Crippen MR) is 79.6 cm³/mol. The normalized spacial score (nSPS) is 10.1. The van der Waals surface area contributed by atoms with Crippen molar-refractivity contribution in [3.05, 3.63) is 59.1 Å². The van der Waals surface area contributed by atoms with Crippen LogP contribution in [0.5, 0.6) is 5.75 Å². The van der Waals surface area contributed by atoms with Crippen LogP contribution in [-0.4, -0.2) is 12.5 Å². The lowest BCUT2D eigenvalue weighted by Crippen LogP contribution is -2.28. The van der Waals surface area contributed by atoms with Crippen LogP contribution in [0.15, 0.2) is 48.5 Å². The molecule has 0 unspecified atom stereocenters. The van der Waals surface area contributed by atoms with Crippen molar-refractivity contribution in [3.8, 4) is 5.75 Å². The second-order valence-corrected chi connectivity index (χ2v) is 4.66. The fourth-order valence-electron chi connectivity index (χ4n) is 1.65. The first-order chi connectivity index (χ1) is 9.65. The van der Waals surface area contributed by atoms with Crippen molar-refractivity contribution < 1.29 is 9.53 Å². The molecular formula is C15H15ClN2O2. The first-order valence-corrected chi connectivity index (χ1v) is 6.51. The number of carbonyl (C=O) groups is 1. The van der Waals surface area contributed by atoms with Crippen LogP contribution in [0.1, 0.15) is 5.56 Å². The number of benzene rings is 2. The second kappa shape index (κ2) is 6.82. The van der Waals surface area contributed by atoms with Gasteiger partial charge in [-0.3, -0.25) is 4.79 Å². The summed E-state index contributed by atoms with van der Waals surface area (Å²) in [7, 11) is 0. The highest BCUT2D eigenvalue weighted by Crippen LogP contribution is 2.16. The third-order valence-electron chi connectivity index (χ3n) is 2.70. The van der Waals surface area contributed by atoms with E-state index in [9.17, 15) is 4.79 Å². The molecule has 0 spiro atoms. The van der Waals surface area contributed by atoms with Gasteiger partial charge in [-0.15, -0.1) is 0 Å². The Hall–Kier alpha value is -2.20. The summed E-state index contributed by atoms with van der Waals surface area (Å²) >= 11 is 5.82. The summed E-state index contributed by atoms with van der Waals surface area (Å²) in [6.07, 6.45) is 0. The van der Waals surface area contributed by atoms with Gasteiger partial charge in [0.1, 0.15) is 5.75 Å². The Bertz CT molecular complexity index is 602. The largest absolute Gasteiger partial charge is 0.484 e. The molecular weight excluding hydrogens is 276 g/mol. The van der Waals surface area contributed by atoms with Crippen molar-refractivity contribution in [1.82, 2.24) is 5.32 Å². The molecule has 5 heteroatoms. The van der Waals surface area contributed by atoms with Gasteiger partial charge in [-0.2, -0.15) is 0 Å². The summed E-state index contributed by atoms with van der Waals surface area (Å²) in [5.74, 6) is 0.347. The number of hydrogen-bond donors (Lipinski definition) is 2. The number of nitrogens with one attached hydrogen (secondary N) is 1. The van der Waals surface area contributed by atoms with Gasteiger partial charge < -0.3 is 15.8 Å². The topological polar surface area (TPSA) is 64.3 Å². The van der Waals surface area contributed by atoms with Crippen molar-refractivity contribution in [2.75, 3.05) is 12.3 Å². The molecule has 0 aliphatic rings. The van der Waals surface area contributed by atoms with Crippen LogP contribution in [0.2, 0.25) is 5.02 Å². The van der Waals surface area contributed by atoms with E-state index in [1.165, 1.54) is 0 Å². The standard InChI is InChI=1S/C15H15ClN2O2/c16-12-5-3-6-13(8-12)20-10-15(19)18-9-11-4-1-2-7-14(11)17/h1-8H,9-10,17H2,(H,18,19). The van der Waals surface area contributed by atoms with Crippen LogP contribution in [0.4, 0.5) is 5.69 Å². The fraction of sp³-hybridized carbons (Fsp3) is 0.133. The van der Waals surface area contributed by atoms with E-state index in [-0.39, 0.29) is 12.5 Å². The van der Waals surface area contributed by atoms with E-state index in [1.807, 2.05) is 18.2 Å². The van der Waals surface area contributed by atoms with E-state index in [0.29, 0.717) is 23.0 Å². The van der Waals surface area contributed by atoms with E-state index in [1.54, 1.807) is 30.3 Å². The molecule has 1 amide bonds. The van der Waals surface area contributed by atoms with Crippen molar-refractivity contribution in [3.63, 3.8) is 0 Å². The third kappa shape index (κ3) is 4.17. The monoisotopic (exact) mass is 290 g/mol. The molecule has 104 valence electrons. The van der Waals surface area contributed by atoms with E-state index in [0.717, 1.165) is 5.56 Å². The molecule has 2 aromatic rings. The molecule has 0 saturated heterocycles. The molecule has 0 saturated carbocycles. The zero-order valence-corrected chi connectivity index (χ0v) is 11.6. The van der Waals surface area contributed by atoms with Crippen molar-refractivity contribution in [1.29, 1.82) is 0 Å². The van der Waals surface area contributed by atoms with Gasteiger partial charge in [0.2, 0.25) is 0 Å². The van der Waals surface area contributed by atoms with E-state index < -0.39 is 0 Å². The minimum atomic E-state index is -0.215. The summed E-state index contributed by atoms with van der Waals surface area (Å²) in [6, 6.07) is 14.3. The van der Waals surface area contributed by atoms with Gasteiger partial charge in [0.05, 0.1) is 0 Å². The number of halogens is 1. The number of carbonyl (C=O) groups excluding carboxylic acids is 1. The van der Waals surface area contributed by atoms with Crippen LogP contribution in [0.3, 0.4) is 0 Å². The smallest absolute Gasteiger partial charge is 0.258 e. The number of amides is 1. The molecule has 2 aromatic carbocycles. The van der Waals surface area contributed by atoms with Crippen LogP contribution in [-0.2, 0) is 11.3 Å². The van der Waals surface area contributed by atoms with Gasteiger partial charge in [-0.25, -0.2) is 0 Å². The van der Waals surface area contributed by atoms with Gasteiger partial charge >= 0.3 is 0 Å². The second-order valence-electron chi connectivity index (χ2n) is 4.22. The predicted octanol–water partition coefficient (Wildman–Crippen LogP) is 2.62. The highest BCUT2D eigenvalue weighted by Gasteiger charge is 2.04. The van der Waals surface area contributed by atoms with E-state index in [2.05, 4.69) is 5.32 Å². The molecule has 0 atom stereocenters. The van der Waals surface area contributed by atoms with Gasteiger partial charge in [-0.05, 0) is 29.8 Å². The van der Waals surface area contributed by atoms with Crippen LogP contribution >= 0.6 is 11.6 Å². The molecule has 0 fully saturated rings. The van der Waals surface area contributed by atoms with Crippen molar-refractivity contribution in [2.24, 2.45) is 0 Å². The Morgan fingerprint density at radius 3 is 2.75 bits per heavy atom. The lowest BCUT2D eigenvalue weighted by molar-refractivity contribution is -0.123. The number of nitrogens with two attached hydrogens (primary N) is 1. The Morgan fingerprint density at radius 2 is 2.00 bits per heavy atom. The maximum absolute atomic E-state index is 11.7. The minimum absolute atomic E-state index is 0.0624. The van der Waals surface area contributed by atoms with Crippen LogP contribution < -0.4 is 15.8 Å². The van der Waals surface area contributed by atoms with Gasteiger partial charge in [0.15, 0.2) is 6.61 Å². The van der Waals surface area contributed by atoms with E-state index in [4.69, 9.17) is 22.1 Å². The number of hydrogen-bond acceptors (Lipinski definition) is 3. The molecule has 0 heterocycles. The maximum atomic E-state index is 11.7. The van der Waals surface area contributed by atoms with Gasteiger partial charge in [-0.1, -0.05) is 35.9 Å². The molecule has 3 N–H and O–H groups in total. The fourth-order valence-corrected chi connectivity index (χ4v) is 1.83. The molecule has 20 heavy (non-hydrogen) atoms. The Kier molecular flexibility index (Phi) is 4.85.